The van der Waals surface area contributed by atoms with Crippen molar-refractivity contribution in [3.63, 3.8) is 0 Å². The molecule has 1 heterocycles. The topological polar surface area (TPSA) is 50.2 Å². The van der Waals surface area contributed by atoms with Crippen LogP contribution in [0.15, 0.2) is 30.3 Å². The van der Waals surface area contributed by atoms with Crippen molar-refractivity contribution in [3.8, 4) is 0 Å². The van der Waals surface area contributed by atoms with Crippen LogP contribution in [0.5, 0.6) is 0 Å². The van der Waals surface area contributed by atoms with Gasteiger partial charge in [-0.05, 0) is 11.5 Å². The van der Waals surface area contributed by atoms with Gasteiger partial charge in [0.15, 0.2) is 5.69 Å². The number of halogens is 1. The largest absolute Gasteiger partial charge is 0.477 e. The normalized spacial score (nSPS) is 10.4. The molecule has 0 aliphatic rings. The summed E-state index contributed by atoms with van der Waals surface area (Å²) in [6, 6.07) is 8.76. The zero-order valence-electron chi connectivity index (χ0n) is 7.07. The van der Waals surface area contributed by atoms with E-state index in [1.54, 1.807) is 12.1 Å². The molecule has 0 aliphatic heterocycles. The number of carbonyl (C=O) groups is 1. The Morgan fingerprint density at radius 2 is 2.07 bits per heavy atom. The predicted octanol–water partition coefficient (Wildman–Crippen LogP) is 2.59. The molecule has 0 spiro atoms. The van der Waals surface area contributed by atoms with E-state index in [0.717, 1.165) is 10.8 Å². The van der Waals surface area contributed by atoms with Gasteiger partial charge in [-0.3, -0.25) is 0 Å². The van der Waals surface area contributed by atoms with Gasteiger partial charge in [-0.25, -0.2) is 9.78 Å². The standard InChI is InChI=1S/C10H6ClNO2/c11-9-7-4-2-1-3-6(7)5-8(12-9)10(13)14/h1-5H,(H,13,14). The average molecular weight is 208 g/mol. The molecule has 0 aliphatic carbocycles. The number of aromatic nitrogens is 1. The molecule has 1 N–H and O–H groups in total. The van der Waals surface area contributed by atoms with E-state index in [9.17, 15) is 4.79 Å². The molecule has 0 bridgehead atoms. The van der Waals surface area contributed by atoms with Gasteiger partial charge in [0.25, 0.3) is 0 Å². The fourth-order valence-electron chi connectivity index (χ4n) is 1.27. The van der Waals surface area contributed by atoms with Crippen molar-refractivity contribution in [2.45, 2.75) is 0 Å². The molecular weight excluding hydrogens is 202 g/mol. The first-order chi connectivity index (χ1) is 6.68. The summed E-state index contributed by atoms with van der Waals surface area (Å²) >= 11 is 5.83. The highest BCUT2D eigenvalue weighted by Crippen LogP contribution is 2.21. The van der Waals surface area contributed by atoms with Crippen molar-refractivity contribution in [1.82, 2.24) is 4.98 Å². The van der Waals surface area contributed by atoms with Gasteiger partial charge in [-0.15, -0.1) is 0 Å². The number of carboxylic acid groups (broad SMARTS) is 1. The molecule has 0 saturated carbocycles. The molecule has 0 radical (unpaired) electrons. The molecule has 14 heavy (non-hydrogen) atoms. The van der Waals surface area contributed by atoms with E-state index in [1.165, 1.54) is 6.07 Å². The van der Waals surface area contributed by atoms with Gasteiger partial charge in [0, 0.05) is 5.39 Å². The first kappa shape index (κ1) is 8.97. The summed E-state index contributed by atoms with van der Waals surface area (Å²) in [4.78, 5) is 14.4. The van der Waals surface area contributed by atoms with E-state index < -0.39 is 5.97 Å². The lowest BCUT2D eigenvalue weighted by atomic mass is 10.1. The molecule has 0 fully saturated rings. The quantitative estimate of drug-likeness (QED) is 0.732. The Labute approximate surface area is 85.0 Å². The molecule has 4 heteroatoms. The highest BCUT2D eigenvalue weighted by Gasteiger charge is 2.08. The first-order valence-electron chi connectivity index (χ1n) is 3.97. The smallest absolute Gasteiger partial charge is 0.354 e. The van der Waals surface area contributed by atoms with Crippen LogP contribution in [0.1, 0.15) is 10.5 Å². The summed E-state index contributed by atoms with van der Waals surface area (Å²) in [7, 11) is 0. The summed E-state index contributed by atoms with van der Waals surface area (Å²) in [6.07, 6.45) is 0. The average Bonchev–Trinajstić information content (AvgIpc) is 2.17. The van der Waals surface area contributed by atoms with E-state index in [4.69, 9.17) is 16.7 Å². The van der Waals surface area contributed by atoms with Crippen molar-refractivity contribution in [3.05, 3.63) is 41.2 Å². The number of carboxylic acids is 1. The number of rotatable bonds is 1. The van der Waals surface area contributed by atoms with Crippen LogP contribution in [0.2, 0.25) is 5.15 Å². The maximum Gasteiger partial charge on any atom is 0.354 e. The minimum atomic E-state index is -1.07. The number of fused-ring (bicyclic) bond motifs is 1. The zero-order valence-corrected chi connectivity index (χ0v) is 7.82. The van der Waals surface area contributed by atoms with Gasteiger partial charge < -0.3 is 5.11 Å². The molecule has 1 aromatic carbocycles. The van der Waals surface area contributed by atoms with Crippen molar-refractivity contribution in [1.29, 1.82) is 0 Å². The monoisotopic (exact) mass is 207 g/mol. The highest BCUT2D eigenvalue weighted by molar-refractivity contribution is 6.34. The summed E-state index contributed by atoms with van der Waals surface area (Å²) in [5, 5.41) is 10.5. The first-order valence-corrected chi connectivity index (χ1v) is 4.35. The van der Waals surface area contributed by atoms with Crippen LogP contribution in [0, 0.1) is 0 Å². The molecule has 0 amide bonds. The van der Waals surface area contributed by atoms with Crippen LogP contribution >= 0.6 is 11.6 Å². The van der Waals surface area contributed by atoms with Crippen LogP contribution in [-0.4, -0.2) is 16.1 Å². The van der Waals surface area contributed by atoms with Crippen LogP contribution < -0.4 is 0 Å². The molecule has 2 aromatic rings. The maximum absolute atomic E-state index is 10.7. The fourth-order valence-corrected chi connectivity index (χ4v) is 1.53. The molecule has 70 valence electrons. The number of benzene rings is 1. The Bertz CT molecular complexity index is 510. The molecule has 3 nitrogen and oxygen atoms in total. The fraction of sp³-hybridized carbons (Fsp3) is 0. The molecule has 0 atom stereocenters. The van der Waals surface area contributed by atoms with E-state index in [-0.39, 0.29) is 10.8 Å². The number of nitrogens with zero attached hydrogens (tertiary/aromatic N) is 1. The summed E-state index contributed by atoms with van der Waals surface area (Å²) < 4.78 is 0. The van der Waals surface area contributed by atoms with Crippen molar-refractivity contribution in [2.24, 2.45) is 0 Å². The van der Waals surface area contributed by atoms with E-state index in [2.05, 4.69) is 4.98 Å². The minimum absolute atomic E-state index is 0.0336. The minimum Gasteiger partial charge on any atom is -0.477 e. The second-order valence-electron chi connectivity index (χ2n) is 2.82. The van der Waals surface area contributed by atoms with Crippen molar-refractivity contribution < 1.29 is 9.90 Å². The van der Waals surface area contributed by atoms with Crippen LogP contribution in [0.3, 0.4) is 0 Å². The third-order valence-electron chi connectivity index (χ3n) is 1.91. The highest BCUT2D eigenvalue weighted by atomic mass is 35.5. The second kappa shape index (κ2) is 3.27. The van der Waals surface area contributed by atoms with E-state index >= 15 is 0 Å². The summed E-state index contributed by atoms with van der Waals surface area (Å²) in [6.45, 7) is 0. The Hall–Kier alpha value is -1.61. The zero-order chi connectivity index (χ0) is 10.1. The van der Waals surface area contributed by atoms with Gasteiger partial charge in [0.1, 0.15) is 5.15 Å². The van der Waals surface area contributed by atoms with Crippen LogP contribution in [-0.2, 0) is 0 Å². The molecule has 0 unspecified atom stereocenters. The van der Waals surface area contributed by atoms with E-state index in [1.807, 2.05) is 12.1 Å². The van der Waals surface area contributed by atoms with Crippen LogP contribution in [0.25, 0.3) is 10.8 Å². The lowest BCUT2D eigenvalue weighted by molar-refractivity contribution is 0.0691. The number of pyridine rings is 1. The van der Waals surface area contributed by atoms with Gasteiger partial charge >= 0.3 is 5.97 Å². The lowest BCUT2D eigenvalue weighted by Crippen LogP contribution is -2.00. The molecular formula is C10H6ClNO2. The summed E-state index contributed by atoms with van der Waals surface area (Å²) in [5.41, 5.74) is -0.0336. The third-order valence-corrected chi connectivity index (χ3v) is 2.20. The second-order valence-corrected chi connectivity index (χ2v) is 3.18. The van der Waals surface area contributed by atoms with Crippen LogP contribution in [0.4, 0.5) is 0 Å². The molecule has 0 saturated heterocycles. The SMILES string of the molecule is O=C(O)c1cc2ccccc2c(Cl)n1. The number of hydrogen-bond donors (Lipinski definition) is 1. The third kappa shape index (κ3) is 1.42. The van der Waals surface area contributed by atoms with Crippen molar-refractivity contribution in [2.75, 3.05) is 0 Å². The number of aromatic carboxylic acids is 1. The summed E-state index contributed by atoms with van der Waals surface area (Å²) in [5.74, 6) is -1.07. The van der Waals surface area contributed by atoms with Gasteiger partial charge in [-0.1, -0.05) is 35.9 Å². The van der Waals surface area contributed by atoms with Crippen molar-refractivity contribution >= 4 is 28.3 Å². The Morgan fingerprint density at radius 3 is 2.79 bits per heavy atom. The van der Waals surface area contributed by atoms with Gasteiger partial charge in [0.2, 0.25) is 0 Å². The Kier molecular flexibility index (Phi) is 2.09. The van der Waals surface area contributed by atoms with E-state index in [0.29, 0.717) is 0 Å². The Morgan fingerprint density at radius 1 is 1.36 bits per heavy atom. The van der Waals surface area contributed by atoms with Gasteiger partial charge in [0.05, 0.1) is 0 Å². The predicted molar refractivity (Wildman–Crippen MR) is 53.7 cm³/mol. The van der Waals surface area contributed by atoms with Gasteiger partial charge in [-0.2, -0.15) is 0 Å². The number of hydrogen-bond acceptors (Lipinski definition) is 2. The Balaban J connectivity index is 2.78. The lowest BCUT2D eigenvalue weighted by Gasteiger charge is -2.00. The molecule has 2 rings (SSSR count). The maximum atomic E-state index is 10.7. The molecule has 1 aromatic heterocycles.